The molecule has 158 valence electrons. The van der Waals surface area contributed by atoms with Gasteiger partial charge in [0.1, 0.15) is 0 Å². The minimum Gasteiger partial charge on any atom is -0.356 e. The Kier molecular flexibility index (Phi) is 7.26. The summed E-state index contributed by atoms with van der Waals surface area (Å²) >= 11 is 0. The van der Waals surface area contributed by atoms with Crippen LogP contribution in [0.5, 0.6) is 0 Å². The molecule has 2 fully saturated rings. The van der Waals surface area contributed by atoms with Gasteiger partial charge < -0.3 is 15.2 Å². The summed E-state index contributed by atoms with van der Waals surface area (Å²) in [5, 5.41) is 7.88. The van der Waals surface area contributed by atoms with Gasteiger partial charge in [0.25, 0.3) is 0 Å². The summed E-state index contributed by atoms with van der Waals surface area (Å²) < 4.78 is 2.45. The number of rotatable bonds is 8. The zero-order valence-corrected chi connectivity index (χ0v) is 17.8. The number of piperidine rings is 1. The molecule has 1 aliphatic carbocycles. The molecule has 2 heterocycles. The third kappa shape index (κ3) is 5.63. The maximum Gasteiger partial charge on any atom is 0.220 e. The van der Waals surface area contributed by atoms with Crippen LogP contribution in [0.25, 0.3) is 10.9 Å². The quantitative estimate of drug-likeness (QED) is 0.683. The predicted molar refractivity (Wildman–Crippen MR) is 120 cm³/mol. The van der Waals surface area contributed by atoms with E-state index < -0.39 is 0 Å². The fraction of sp³-hybridized carbons (Fsp3) is 0.640. The molecule has 1 aromatic carbocycles. The molecule has 2 N–H and O–H groups in total. The van der Waals surface area contributed by atoms with Crippen molar-refractivity contribution in [3.05, 3.63) is 36.0 Å². The fourth-order valence-corrected chi connectivity index (χ4v) is 5.24. The van der Waals surface area contributed by atoms with Crippen LogP contribution in [-0.2, 0) is 17.8 Å². The first-order valence-electron chi connectivity index (χ1n) is 11.8. The first kappa shape index (κ1) is 20.5. The Bertz CT molecular complexity index is 784. The first-order chi connectivity index (χ1) is 14.3. The highest BCUT2D eigenvalue weighted by Gasteiger charge is 2.17. The van der Waals surface area contributed by atoms with E-state index in [1.54, 1.807) is 0 Å². The number of nitrogens with one attached hydrogen (secondary N) is 2. The Morgan fingerprint density at radius 2 is 1.83 bits per heavy atom. The van der Waals surface area contributed by atoms with Gasteiger partial charge in [-0.25, -0.2) is 0 Å². The van der Waals surface area contributed by atoms with E-state index in [4.69, 9.17) is 0 Å². The van der Waals surface area contributed by atoms with E-state index in [0.717, 1.165) is 50.9 Å². The number of carbonyl (C=O) groups is 1. The summed E-state index contributed by atoms with van der Waals surface area (Å²) in [6.07, 6.45) is 14.2. The van der Waals surface area contributed by atoms with Gasteiger partial charge >= 0.3 is 0 Å². The molecule has 2 aliphatic rings. The average molecular weight is 396 g/mol. The highest BCUT2D eigenvalue weighted by Crippen LogP contribution is 2.29. The van der Waals surface area contributed by atoms with Crippen molar-refractivity contribution in [2.75, 3.05) is 19.6 Å². The number of aryl methyl sites for hydroxylation is 1. The molecule has 0 atom stereocenters. The zero-order valence-electron chi connectivity index (χ0n) is 17.8. The number of fused-ring (bicyclic) bond motifs is 1. The fourth-order valence-electron chi connectivity index (χ4n) is 5.24. The SMILES string of the molecule is O=C(CCc1cn(CC2CCCCC2)c2ccccc12)NCCC1CCNCC1. The number of para-hydroxylation sites is 1. The molecule has 1 aliphatic heterocycles. The van der Waals surface area contributed by atoms with E-state index in [1.807, 2.05) is 0 Å². The summed E-state index contributed by atoms with van der Waals surface area (Å²) in [7, 11) is 0. The van der Waals surface area contributed by atoms with Crippen LogP contribution in [-0.4, -0.2) is 30.1 Å². The number of hydrogen-bond acceptors (Lipinski definition) is 2. The summed E-state index contributed by atoms with van der Waals surface area (Å²) in [5.74, 6) is 1.78. The molecule has 4 nitrogen and oxygen atoms in total. The summed E-state index contributed by atoms with van der Waals surface area (Å²) in [6.45, 7) is 4.21. The van der Waals surface area contributed by atoms with Gasteiger partial charge in [-0.2, -0.15) is 0 Å². The van der Waals surface area contributed by atoms with Gasteiger partial charge in [-0.05, 0) is 75.1 Å². The normalized spacial score (nSPS) is 18.9. The van der Waals surface area contributed by atoms with Crippen molar-refractivity contribution < 1.29 is 4.79 Å². The average Bonchev–Trinajstić information content (AvgIpc) is 3.11. The highest BCUT2D eigenvalue weighted by atomic mass is 16.1. The second-order valence-electron chi connectivity index (χ2n) is 9.16. The number of carbonyl (C=O) groups excluding carboxylic acids is 1. The van der Waals surface area contributed by atoms with E-state index in [2.05, 4.69) is 45.7 Å². The molecule has 0 spiro atoms. The van der Waals surface area contributed by atoms with E-state index in [1.165, 1.54) is 61.4 Å². The second kappa shape index (κ2) is 10.3. The lowest BCUT2D eigenvalue weighted by molar-refractivity contribution is -0.121. The maximum absolute atomic E-state index is 12.4. The third-order valence-corrected chi connectivity index (χ3v) is 7.01. The Balaban J connectivity index is 1.30. The Morgan fingerprint density at radius 3 is 2.66 bits per heavy atom. The van der Waals surface area contributed by atoms with E-state index in [9.17, 15) is 4.79 Å². The molecule has 1 aromatic heterocycles. The van der Waals surface area contributed by atoms with Crippen molar-refractivity contribution in [2.24, 2.45) is 11.8 Å². The van der Waals surface area contributed by atoms with Gasteiger partial charge in [-0.3, -0.25) is 4.79 Å². The standard InChI is InChI=1S/C25H37N3O/c29-25(27-17-14-20-12-15-26-16-13-20)11-10-22-19-28(18-21-6-2-1-3-7-21)24-9-5-4-8-23(22)24/h4-5,8-9,19-21,26H,1-3,6-7,10-18H2,(H,27,29). The van der Waals surface area contributed by atoms with Crippen molar-refractivity contribution in [3.8, 4) is 0 Å². The molecule has 1 amide bonds. The van der Waals surface area contributed by atoms with Gasteiger partial charge in [0.2, 0.25) is 5.91 Å². The maximum atomic E-state index is 12.4. The molecule has 29 heavy (non-hydrogen) atoms. The van der Waals surface area contributed by atoms with Gasteiger partial charge in [0.05, 0.1) is 0 Å². The second-order valence-corrected chi connectivity index (χ2v) is 9.16. The van der Waals surface area contributed by atoms with E-state index in [0.29, 0.717) is 6.42 Å². The van der Waals surface area contributed by atoms with E-state index >= 15 is 0 Å². The zero-order chi connectivity index (χ0) is 19.9. The molecule has 0 bridgehead atoms. The van der Waals surface area contributed by atoms with Gasteiger partial charge in [-0.15, -0.1) is 0 Å². The molecule has 0 unspecified atom stereocenters. The minimum atomic E-state index is 0.197. The molecule has 4 rings (SSSR count). The third-order valence-electron chi connectivity index (χ3n) is 7.01. The van der Waals surface area contributed by atoms with Crippen LogP contribution in [0.4, 0.5) is 0 Å². The lowest BCUT2D eigenvalue weighted by Gasteiger charge is -2.22. The minimum absolute atomic E-state index is 0.197. The monoisotopic (exact) mass is 395 g/mol. The van der Waals surface area contributed by atoms with Crippen LogP contribution in [0.3, 0.4) is 0 Å². The van der Waals surface area contributed by atoms with E-state index in [-0.39, 0.29) is 5.91 Å². The number of amides is 1. The Labute approximate surface area is 175 Å². The van der Waals surface area contributed by atoms with Crippen molar-refractivity contribution in [3.63, 3.8) is 0 Å². The predicted octanol–water partition coefficient (Wildman–Crippen LogP) is 4.66. The number of nitrogens with zero attached hydrogens (tertiary/aromatic N) is 1. The number of hydrogen-bond donors (Lipinski definition) is 2. The van der Waals surface area contributed by atoms with Crippen LogP contribution in [0.15, 0.2) is 30.5 Å². The molecule has 1 saturated carbocycles. The topological polar surface area (TPSA) is 46.1 Å². The summed E-state index contributed by atoms with van der Waals surface area (Å²) in [5.41, 5.74) is 2.66. The number of aromatic nitrogens is 1. The van der Waals surface area contributed by atoms with Crippen molar-refractivity contribution in [1.29, 1.82) is 0 Å². The molecule has 2 aromatic rings. The van der Waals surface area contributed by atoms with Gasteiger partial charge in [0.15, 0.2) is 0 Å². The van der Waals surface area contributed by atoms with Crippen LogP contribution in [0.2, 0.25) is 0 Å². The molecule has 1 saturated heterocycles. The van der Waals surface area contributed by atoms with Crippen LogP contribution in [0, 0.1) is 11.8 Å². The summed E-state index contributed by atoms with van der Waals surface area (Å²) in [4.78, 5) is 12.4. The van der Waals surface area contributed by atoms with Gasteiger partial charge in [0, 0.05) is 36.6 Å². The van der Waals surface area contributed by atoms with Crippen molar-refractivity contribution in [1.82, 2.24) is 15.2 Å². The van der Waals surface area contributed by atoms with Crippen molar-refractivity contribution in [2.45, 2.75) is 70.8 Å². The largest absolute Gasteiger partial charge is 0.356 e. The molecule has 4 heteroatoms. The van der Waals surface area contributed by atoms with Crippen molar-refractivity contribution >= 4 is 16.8 Å². The first-order valence-corrected chi connectivity index (χ1v) is 11.8. The van der Waals surface area contributed by atoms with Gasteiger partial charge in [-0.1, -0.05) is 37.5 Å². The molecular formula is C25H37N3O. The van der Waals surface area contributed by atoms with Crippen LogP contribution < -0.4 is 10.6 Å². The van der Waals surface area contributed by atoms with Crippen LogP contribution in [0.1, 0.15) is 63.4 Å². The lowest BCUT2D eigenvalue weighted by atomic mass is 9.89. The smallest absolute Gasteiger partial charge is 0.220 e. The Morgan fingerprint density at radius 1 is 1.03 bits per heavy atom. The molecule has 0 radical (unpaired) electrons. The number of benzene rings is 1. The highest BCUT2D eigenvalue weighted by molar-refractivity contribution is 5.85. The lowest BCUT2D eigenvalue weighted by Crippen LogP contribution is -2.31. The Hall–Kier alpha value is -1.81. The summed E-state index contributed by atoms with van der Waals surface area (Å²) in [6, 6.07) is 8.71. The molecular weight excluding hydrogens is 358 g/mol. The van der Waals surface area contributed by atoms with Crippen LogP contribution >= 0.6 is 0 Å².